The Bertz CT molecular complexity index is 359. The predicted molar refractivity (Wildman–Crippen MR) is 68.8 cm³/mol. The van der Waals surface area contributed by atoms with Crippen LogP contribution in [-0.2, 0) is 4.74 Å². The van der Waals surface area contributed by atoms with Crippen molar-refractivity contribution in [3.63, 3.8) is 0 Å². The normalized spacial score (nSPS) is 11.9. The molecule has 0 fully saturated rings. The second-order valence-corrected chi connectivity index (χ2v) is 4.16. The van der Waals surface area contributed by atoms with E-state index in [0.717, 1.165) is 12.8 Å². The lowest BCUT2D eigenvalue weighted by atomic mass is 10.1. The van der Waals surface area contributed by atoms with E-state index in [0.29, 0.717) is 17.9 Å². The molecule has 1 atom stereocenters. The van der Waals surface area contributed by atoms with E-state index in [1.807, 2.05) is 0 Å². The van der Waals surface area contributed by atoms with E-state index in [1.165, 1.54) is 7.11 Å². The molecule has 0 saturated carbocycles. The Morgan fingerprint density at radius 3 is 2.50 bits per heavy atom. The average Bonchev–Trinajstić information content (AvgIpc) is 2.43. The lowest BCUT2D eigenvalue weighted by molar-refractivity contribution is 0.0600. The van der Waals surface area contributed by atoms with Crippen molar-refractivity contribution in [2.75, 3.05) is 20.3 Å². The number of benzene rings is 1. The second kappa shape index (κ2) is 7.71. The van der Waals surface area contributed by atoms with Crippen LogP contribution in [0.2, 0.25) is 0 Å². The molecule has 0 amide bonds. The van der Waals surface area contributed by atoms with Crippen LogP contribution in [0.5, 0.6) is 5.75 Å². The maximum atomic E-state index is 11.2. The summed E-state index contributed by atoms with van der Waals surface area (Å²) in [7, 11) is 1.35. The summed E-state index contributed by atoms with van der Waals surface area (Å²) in [5.41, 5.74) is 0.497. The fourth-order valence-corrected chi connectivity index (χ4v) is 1.65. The molecule has 0 radical (unpaired) electrons. The highest BCUT2D eigenvalue weighted by Gasteiger charge is 2.08. The van der Waals surface area contributed by atoms with Gasteiger partial charge in [0.25, 0.3) is 0 Å². The minimum Gasteiger partial charge on any atom is -0.493 e. The highest BCUT2D eigenvalue weighted by Crippen LogP contribution is 2.15. The predicted octanol–water partition coefficient (Wildman–Crippen LogP) is 2.26. The fourth-order valence-electron chi connectivity index (χ4n) is 1.65. The van der Waals surface area contributed by atoms with Gasteiger partial charge in [0.2, 0.25) is 0 Å². The number of aliphatic hydroxyl groups excluding tert-OH is 1. The first-order chi connectivity index (χ1) is 8.71. The maximum absolute atomic E-state index is 11.2. The lowest BCUT2D eigenvalue weighted by Gasteiger charge is -2.14. The monoisotopic (exact) mass is 252 g/mol. The Labute approximate surface area is 108 Å². The van der Waals surface area contributed by atoms with Gasteiger partial charge in [0.15, 0.2) is 0 Å². The molecular weight excluding hydrogens is 232 g/mol. The number of carbonyl (C=O) groups excluding carboxylic acids is 1. The Kier molecular flexibility index (Phi) is 6.22. The van der Waals surface area contributed by atoms with Gasteiger partial charge in [-0.25, -0.2) is 4.79 Å². The molecular formula is C14H20O4. The largest absolute Gasteiger partial charge is 0.493 e. The minimum absolute atomic E-state index is 0.133. The van der Waals surface area contributed by atoms with Crippen molar-refractivity contribution in [1.82, 2.24) is 0 Å². The first-order valence-corrected chi connectivity index (χ1v) is 6.13. The third kappa shape index (κ3) is 4.37. The number of aliphatic hydroxyl groups is 1. The molecule has 18 heavy (non-hydrogen) atoms. The van der Waals surface area contributed by atoms with Gasteiger partial charge in [-0.2, -0.15) is 0 Å². The van der Waals surface area contributed by atoms with E-state index in [9.17, 15) is 4.79 Å². The van der Waals surface area contributed by atoms with Crippen LogP contribution in [0, 0.1) is 5.92 Å². The highest BCUT2D eigenvalue weighted by molar-refractivity contribution is 5.89. The zero-order valence-corrected chi connectivity index (χ0v) is 10.9. The number of carbonyl (C=O) groups is 1. The number of hydrogen-bond acceptors (Lipinski definition) is 4. The highest BCUT2D eigenvalue weighted by atomic mass is 16.5. The molecule has 4 heteroatoms. The summed E-state index contributed by atoms with van der Waals surface area (Å²) in [5.74, 6) is 0.494. The molecule has 1 aromatic carbocycles. The summed E-state index contributed by atoms with van der Waals surface area (Å²) in [6, 6.07) is 6.78. The van der Waals surface area contributed by atoms with Crippen LogP contribution in [0.1, 0.15) is 30.1 Å². The molecule has 0 aromatic heterocycles. The quantitative estimate of drug-likeness (QED) is 0.756. The van der Waals surface area contributed by atoms with Crippen molar-refractivity contribution in [2.24, 2.45) is 5.92 Å². The van der Waals surface area contributed by atoms with E-state index in [2.05, 4.69) is 11.7 Å². The minimum atomic E-state index is -0.360. The Morgan fingerprint density at radius 2 is 2.00 bits per heavy atom. The van der Waals surface area contributed by atoms with Crippen molar-refractivity contribution in [1.29, 1.82) is 0 Å². The first-order valence-electron chi connectivity index (χ1n) is 6.13. The average molecular weight is 252 g/mol. The standard InChI is InChI=1S/C14H20O4/c1-3-4-11(9-15)10-18-13-7-5-12(6-8-13)14(16)17-2/h5-8,11,15H,3-4,9-10H2,1-2H3. The van der Waals surface area contributed by atoms with Crippen molar-refractivity contribution < 1.29 is 19.4 Å². The molecule has 4 nitrogen and oxygen atoms in total. The zero-order valence-electron chi connectivity index (χ0n) is 10.9. The van der Waals surface area contributed by atoms with E-state index in [1.54, 1.807) is 24.3 Å². The molecule has 1 rings (SSSR count). The Balaban J connectivity index is 2.50. The van der Waals surface area contributed by atoms with Crippen molar-refractivity contribution in [3.05, 3.63) is 29.8 Å². The first kappa shape index (κ1) is 14.5. The molecule has 0 bridgehead atoms. The molecule has 0 aliphatic carbocycles. The smallest absolute Gasteiger partial charge is 0.337 e. The zero-order chi connectivity index (χ0) is 13.4. The number of methoxy groups -OCH3 is 1. The van der Waals surface area contributed by atoms with Crippen LogP contribution in [0.25, 0.3) is 0 Å². The summed E-state index contributed by atoms with van der Waals surface area (Å²) < 4.78 is 10.2. The SMILES string of the molecule is CCCC(CO)COc1ccc(C(=O)OC)cc1. The van der Waals surface area contributed by atoms with Crippen molar-refractivity contribution in [3.8, 4) is 5.75 Å². The summed E-state index contributed by atoms with van der Waals surface area (Å²) >= 11 is 0. The van der Waals surface area contributed by atoms with E-state index in [4.69, 9.17) is 9.84 Å². The van der Waals surface area contributed by atoms with E-state index >= 15 is 0 Å². The molecule has 1 aromatic rings. The van der Waals surface area contributed by atoms with Crippen molar-refractivity contribution in [2.45, 2.75) is 19.8 Å². The lowest BCUT2D eigenvalue weighted by Crippen LogP contribution is -2.15. The van der Waals surface area contributed by atoms with Crippen LogP contribution in [0.3, 0.4) is 0 Å². The van der Waals surface area contributed by atoms with Gasteiger partial charge in [0.05, 0.1) is 19.3 Å². The van der Waals surface area contributed by atoms with E-state index < -0.39 is 0 Å². The number of esters is 1. The summed E-state index contributed by atoms with van der Waals surface area (Å²) in [4.78, 5) is 11.2. The van der Waals surface area contributed by atoms with Gasteiger partial charge >= 0.3 is 5.97 Å². The number of rotatable bonds is 7. The van der Waals surface area contributed by atoms with Gasteiger partial charge in [-0.3, -0.25) is 0 Å². The van der Waals surface area contributed by atoms with Crippen molar-refractivity contribution >= 4 is 5.97 Å². The molecule has 0 heterocycles. The number of ether oxygens (including phenoxy) is 2. The van der Waals surface area contributed by atoms with Gasteiger partial charge in [0.1, 0.15) is 5.75 Å². The molecule has 0 spiro atoms. The van der Waals surface area contributed by atoms with Gasteiger partial charge < -0.3 is 14.6 Å². The van der Waals surface area contributed by atoms with Crippen LogP contribution in [0.15, 0.2) is 24.3 Å². The van der Waals surface area contributed by atoms with Crippen LogP contribution >= 0.6 is 0 Å². The van der Waals surface area contributed by atoms with Crippen LogP contribution in [-0.4, -0.2) is 31.4 Å². The van der Waals surface area contributed by atoms with Crippen LogP contribution in [0.4, 0.5) is 0 Å². The van der Waals surface area contributed by atoms with Gasteiger partial charge in [0, 0.05) is 12.5 Å². The third-order valence-electron chi connectivity index (χ3n) is 2.72. The maximum Gasteiger partial charge on any atom is 0.337 e. The summed E-state index contributed by atoms with van der Waals surface area (Å²) in [6.45, 7) is 2.70. The second-order valence-electron chi connectivity index (χ2n) is 4.16. The van der Waals surface area contributed by atoms with Crippen LogP contribution < -0.4 is 4.74 Å². The summed E-state index contributed by atoms with van der Waals surface area (Å²) in [5, 5.41) is 9.14. The van der Waals surface area contributed by atoms with Gasteiger partial charge in [-0.1, -0.05) is 13.3 Å². The molecule has 0 aliphatic heterocycles. The van der Waals surface area contributed by atoms with Gasteiger partial charge in [-0.05, 0) is 30.7 Å². The molecule has 0 saturated heterocycles. The Morgan fingerprint density at radius 1 is 1.33 bits per heavy atom. The molecule has 100 valence electrons. The number of hydrogen-bond donors (Lipinski definition) is 1. The fraction of sp³-hybridized carbons (Fsp3) is 0.500. The Hall–Kier alpha value is -1.55. The van der Waals surface area contributed by atoms with E-state index in [-0.39, 0.29) is 18.5 Å². The molecule has 1 N–H and O–H groups in total. The molecule has 1 unspecified atom stereocenters. The van der Waals surface area contributed by atoms with Gasteiger partial charge in [-0.15, -0.1) is 0 Å². The molecule has 0 aliphatic rings. The topological polar surface area (TPSA) is 55.8 Å². The summed E-state index contributed by atoms with van der Waals surface area (Å²) in [6.07, 6.45) is 1.96. The third-order valence-corrected chi connectivity index (χ3v) is 2.72.